The molecule has 0 saturated carbocycles. The number of hydrogen-bond donors (Lipinski definition) is 2. The van der Waals surface area contributed by atoms with Gasteiger partial charge in [-0.15, -0.1) is 0 Å². The van der Waals surface area contributed by atoms with Gasteiger partial charge in [0.2, 0.25) is 14.2 Å². The summed E-state index contributed by atoms with van der Waals surface area (Å²) in [7, 11) is -2.28. The van der Waals surface area contributed by atoms with Gasteiger partial charge in [0.15, 0.2) is 0 Å². The molecule has 27 heavy (non-hydrogen) atoms. The smallest absolute Gasteiger partial charge is 0.226 e. The Hall–Kier alpha value is -1.95. The van der Waals surface area contributed by atoms with Crippen LogP contribution in [-0.2, 0) is 17.8 Å². The molecule has 0 spiro atoms. The van der Waals surface area contributed by atoms with Crippen LogP contribution in [0.5, 0.6) is 0 Å². The maximum Gasteiger partial charge on any atom is 0.226 e. The van der Waals surface area contributed by atoms with Gasteiger partial charge in [-0.3, -0.25) is 4.79 Å². The zero-order valence-corrected chi connectivity index (χ0v) is 17.3. The van der Waals surface area contributed by atoms with Gasteiger partial charge in [-0.05, 0) is 53.7 Å². The zero-order valence-electron chi connectivity index (χ0n) is 16.3. The molecule has 144 valence electrons. The molecule has 0 unspecified atom stereocenters. The molecule has 1 amide bonds. The minimum absolute atomic E-state index is 0.192. The van der Waals surface area contributed by atoms with E-state index >= 15 is 0 Å². The molecule has 0 bridgehead atoms. The van der Waals surface area contributed by atoms with Gasteiger partial charge in [0.05, 0.1) is 6.42 Å². The maximum atomic E-state index is 12.7. The van der Waals surface area contributed by atoms with Gasteiger partial charge in [-0.1, -0.05) is 48.5 Å². The second-order valence-corrected chi connectivity index (χ2v) is 11.7. The lowest BCUT2D eigenvalue weighted by Crippen LogP contribution is -2.41. The van der Waals surface area contributed by atoms with Crippen molar-refractivity contribution in [3.63, 3.8) is 0 Å². The van der Waals surface area contributed by atoms with Gasteiger partial charge in [0.1, 0.15) is 0 Å². The standard InChI is InChI=1S/C22H30N2O2Si/c1-27(2,26)21-8-6-17(7-9-21)15-22(25)24-12-10-19(11-13-24)20-5-3-4-18(14-20)16-23/h3-9,14,19,26H,10-13,15-16,23H2,1-2H3. The van der Waals surface area contributed by atoms with Gasteiger partial charge >= 0.3 is 0 Å². The number of benzene rings is 2. The van der Waals surface area contributed by atoms with Gasteiger partial charge < -0.3 is 15.4 Å². The van der Waals surface area contributed by atoms with E-state index in [2.05, 4.69) is 24.3 Å². The molecular formula is C22H30N2O2Si. The highest BCUT2D eigenvalue weighted by atomic mass is 28.4. The van der Waals surface area contributed by atoms with Crippen LogP contribution in [-0.4, -0.2) is 37.0 Å². The van der Waals surface area contributed by atoms with E-state index in [1.807, 2.05) is 42.3 Å². The van der Waals surface area contributed by atoms with E-state index in [4.69, 9.17) is 5.73 Å². The third-order valence-electron chi connectivity index (χ3n) is 5.52. The lowest BCUT2D eigenvalue weighted by atomic mass is 9.88. The van der Waals surface area contributed by atoms with Crippen molar-refractivity contribution in [1.29, 1.82) is 0 Å². The van der Waals surface area contributed by atoms with Crippen molar-refractivity contribution in [3.8, 4) is 0 Å². The monoisotopic (exact) mass is 382 g/mol. The second kappa shape index (κ2) is 8.38. The molecule has 1 aliphatic rings. The summed E-state index contributed by atoms with van der Waals surface area (Å²) >= 11 is 0. The molecule has 5 heteroatoms. The van der Waals surface area contributed by atoms with Crippen LogP contribution in [0.2, 0.25) is 13.1 Å². The number of likely N-dealkylation sites (tertiary alicyclic amines) is 1. The van der Waals surface area contributed by atoms with Crippen LogP contribution in [0.1, 0.15) is 35.4 Å². The minimum Gasteiger partial charge on any atom is -0.428 e. The Morgan fingerprint density at radius 2 is 1.78 bits per heavy atom. The fourth-order valence-electron chi connectivity index (χ4n) is 3.75. The fraction of sp³-hybridized carbons (Fsp3) is 0.409. The first-order valence-electron chi connectivity index (χ1n) is 9.75. The van der Waals surface area contributed by atoms with Crippen LogP contribution in [0.15, 0.2) is 48.5 Å². The topological polar surface area (TPSA) is 66.6 Å². The third kappa shape index (κ3) is 5.06. The summed E-state index contributed by atoms with van der Waals surface area (Å²) in [5, 5.41) is 0.999. The molecule has 4 nitrogen and oxygen atoms in total. The lowest BCUT2D eigenvalue weighted by molar-refractivity contribution is -0.131. The molecule has 2 aromatic rings. The van der Waals surface area contributed by atoms with Crippen molar-refractivity contribution < 1.29 is 9.59 Å². The lowest BCUT2D eigenvalue weighted by Gasteiger charge is -2.32. The van der Waals surface area contributed by atoms with Crippen LogP contribution >= 0.6 is 0 Å². The van der Waals surface area contributed by atoms with E-state index < -0.39 is 8.32 Å². The highest BCUT2D eigenvalue weighted by Gasteiger charge is 2.24. The largest absolute Gasteiger partial charge is 0.428 e. The van der Waals surface area contributed by atoms with Gasteiger partial charge in [0.25, 0.3) is 0 Å². The molecule has 0 aromatic heterocycles. The van der Waals surface area contributed by atoms with Crippen LogP contribution in [0.4, 0.5) is 0 Å². The summed E-state index contributed by atoms with van der Waals surface area (Å²) < 4.78 is 0. The van der Waals surface area contributed by atoms with Crippen molar-refractivity contribution in [1.82, 2.24) is 4.90 Å². The van der Waals surface area contributed by atoms with Crippen molar-refractivity contribution in [2.75, 3.05) is 13.1 Å². The number of carbonyl (C=O) groups excluding carboxylic acids is 1. The van der Waals surface area contributed by atoms with Crippen LogP contribution in [0.3, 0.4) is 0 Å². The zero-order chi connectivity index (χ0) is 19.4. The molecular weight excluding hydrogens is 352 g/mol. The average molecular weight is 383 g/mol. The van der Waals surface area contributed by atoms with E-state index in [9.17, 15) is 9.59 Å². The summed E-state index contributed by atoms with van der Waals surface area (Å²) in [6.07, 6.45) is 2.44. The van der Waals surface area contributed by atoms with Crippen LogP contribution in [0.25, 0.3) is 0 Å². The minimum atomic E-state index is -2.28. The summed E-state index contributed by atoms with van der Waals surface area (Å²) in [5.41, 5.74) is 9.28. The quantitative estimate of drug-likeness (QED) is 0.781. The highest BCUT2D eigenvalue weighted by molar-refractivity contribution is 6.83. The Bertz CT molecular complexity index is 776. The van der Waals surface area contributed by atoms with Gasteiger partial charge in [0, 0.05) is 19.6 Å². The molecule has 3 N–H and O–H groups in total. The van der Waals surface area contributed by atoms with Crippen molar-refractivity contribution in [2.24, 2.45) is 5.73 Å². The molecule has 2 aromatic carbocycles. The van der Waals surface area contributed by atoms with Crippen LogP contribution < -0.4 is 10.9 Å². The van der Waals surface area contributed by atoms with Crippen molar-refractivity contribution in [2.45, 2.75) is 44.8 Å². The van der Waals surface area contributed by atoms with Crippen molar-refractivity contribution >= 4 is 19.4 Å². The van der Waals surface area contributed by atoms with E-state index in [0.29, 0.717) is 18.9 Å². The number of nitrogens with zero attached hydrogens (tertiary/aromatic N) is 1. The molecule has 1 aliphatic heterocycles. The Kier molecular flexibility index (Phi) is 6.14. The Labute approximate surface area is 163 Å². The first-order valence-corrected chi connectivity index (χ1v) is 12.7. The predicted molar refractivity (Wildman–Crippen MR) is 112 cm³/mol. The maximum absolute atomic E-state index is 12.7. The van der Waals surface area contributed by atoms with Crippen LogP contribution in [0, 0.1) is 0 Å². The third-order valence-corrected chi connectivity index (χ3v) is 7.27. The van der Waals surface area contributed by atoms with Crippen molar-refractivity contribution in [3.05, 3.63) is 65.2 Å². The summed E-state index contributed by atoms with van der Waals surface area (Å²) in [5.74, 6) is 0.703. The Morgan fingerprint density at radius 1 is 1.11 bits per heavy atom. The normalized spacial score (nSPS) is 15.8. The summed E-state index contributed by atoms with van der Waals surface area (Å²) in [6, 6.07) is 16.4. The number of hydrogen-bond acceptors (Lipinski definition) is 3. The second-order valence-electron chi connectivity index (χ2n) is 8.04. The molecule has 1 fully saturated rings. The summed E-state index contributed by atoms with van der Waals surface area (Å²) in [6.45, 7) is 6.00. The summed E-state index contributed by atoms with van der Waals surface area (Å²) in [4.78, 5) is 24.8. The average Bonchev–Trinajstić information content (AvgIpc) is 2.68. The van der Waals surface area contributed by atoms with Gasteiger partial charge in [-0.2, -0.15) is 0 Å². The molecule has 0 aliphatic carbocycles. The number of amides is 1. The molecule has 3 rings (SSSR count). The first-order chi connectivity index (χ1) is 12.9. The number of piperidine rings is 1. The molecule has 1 heterocycles. The Balaban J connectivity index is 1.55. The fourth-order valence-corrected chi connectivity index (χ4v) is 4.74. The molecule has 0 radical (unpaired) electrons. The van der Waals surface area contributed by atoms with E-state index in [0.717, 1.165) is 36.7 Å². The Morgan fingerprint density at radius 3 is 2.37 bits per heavy atom. The van der Waals surface area contributed by atoms with E-state index in [1.54, 1.807) is 0 Å². The van der Waals surface area contributed by atoms with E-state index in [1.165, 1.54) is 11.1 Å². The predicted octanol–water partition coefficient (Wildman–Crippen LogP) is 2.50. The number of nitrogens with two attached hydrogens (primary N) is 1. The molecule has 1 saturated heterocycles. The first kappa shape index (κ1) is 19.8. The number of rotatable bonds is 5. The molecule has 0 atom stereocenters. The van der Waals surface area contributed by atoms with Gasteiger partial charge in [-0.25, -0.2) is 0 Å². The van der Waals surface area contributed by atoms with E-state index in [-0.39, 0.29) is 5.91 Å². The SMILES string of the molecule is C[Si](C)(O)c1ccc(CC(=O)N2CCC(c3cccc(CN)c3)CC2)cc1. The number of carbonyl (C=O) groups is 1. The highest BCUT2D eigenvalue weighted by Crippen LogP contribution is 2.28.